The molecule has 1 N–H and O–H groups in total. The third kappa shape index (κ3) is 1.33. The Hall–Kier alpha value is -0.930. The predicted octanol–water partition coefficient (Wildman–Crippen LogP) is 1.79. The van der Waals surface area contributed by atoms with Crippen LogP contribution in [0.3, 0.4) is 0 Å². The van der Waals surface area contributed by atoms with Crippen LogP contribution < -0.4 is 5.48 Å². The molecule has 0 bridgehead atoms. The van der Waals surface area contributed by atoms with E-state index in [1.807, 2.05) is 6.07 Å². The molecule has 0 saturated carbocycles. The van der Waals surface area contributed by atoms with Gasteiger partial charge in [-0.1, -0.05) is 18.2 Å². The Kier molecular flexibility index (Phi) is 2.06. The van der Waals surface area contributed by atoms with Crippen molar-refractivity contribution in [3.8, 4) is 0 Å². The third-order valence-corrected chi connectivity index (χ3v) is 1.99. The molecule has 0 radical (unpaired) electrons. The molecule has 64 valence electrons. The van der Waals surface area contributed by atoms with Crippen molar-refractivity contribution in [3.63, 3.8) is 0 Å². The van der Waals surface area contributed by atoms with Gasteiger partial charge in [0.25, 0.3) is 0 Å². The summed E-state index contributed by atoms with van der Waals surface area (Å²) in [5.74, 6) is -0.189. The normalized spacial score (nSPS) is 22.9. The Morgan fingerprint density at radius 3 is 2.92 bits per heavy atom. The van der Waals surface area contributed by atoms with Crippen molar-refractivity contribution in [3.05, 3.63) is 35.6 Å². The van der Waals surface area contributed by atoms with Gasteiger partial charge in [-0.05, 0) is 12.5 Å². The second kappa shape index (κ2) is 3.21. The first-order valence-electron chi connectivity index (χ1n) is 4.01. The van der Waals surface area contributed by atoms with E-state index in [1.165, 1.54) is 6.07 Å². The zero-order valence-corrected chi connectivity index (χ0v) is 6.59. The van der Waals surface area contributed by atoms with E-state index < -0.39 is 0 Å². The lowest BCUT2D eigenvalue weighted by molar-refractivity contribution is 0.0317. The molecule has 0 aromatic heterocycles. The van der Waals surface area contributed by atoms with E-state index in [0.717, 1.165) is 13.0 Å². The molecule has 3 heteroatoms. The lowest BCUT2D eigenvalue weighted by Crippen LogP contribution is -2.05. The molecule has 1 heterocycles. The monoisotopic (exact) mass is 167 g/mol. The van der Waals surface area contributed by atoms with Crippen molar-refractivity contribution >= 4 is 0 Å². The fourth-order valence-corrected chi connectivity index (χ4v) is 1.36. The van der Waals surface area contributed by atoms with Crippen LogP contribution in [0.2, 0.25) is 0 Å². The van der Waals surface area contributed by atoms with Crippen molar-refractivity contribution in [2.45, 2.75) is 12.5 Å². The summed E-state index contributed by atoms with van der Waals surface area (Å²) < 4.78 is 13.1. The molecule has 12 heavy (non-hydrogen) atoms. The van der Waals surface area contributed by atoms with Crippen molar-refractivity contribution in [2.24, 2.45) is 0 Å². The first-order chi connectivity index (χ1) is 5.88. The largest absolute Gasteiger partial charge is 0.294 e. The number of benzene rings is 1. The van der Waals surface area contributed by atoms with E-state index in [0.29, 0.717) is 5.56 Å². The topological polar surface area (TPSA) is 21.3 Å². The van der Waals surface area contributed by atoms with E-state index in [2.05, 4.69) is 5.48 Å². The van der Waals surface area contributed by atoms with E-state index in [9.17, 15) is 4.39 Å². The number of halogens is 1. The number of nitrogens with one attached hydrogen (secondary N) is 1. The second-order valence-electron chi connectivity index (χ2n) is 2.81. The van der Waals surface area contributed by atoms with Gasteiger partial charge in [-0.3, -0.25) is 4.84 Å². The summed E-state index contributed by atoms with van der Waals surface area (Å²) in [5.41, 5.74) is 3.37. The highest BCUT2D eigenvalue weighted by atomic mass is 19.1. The summed E-state index contributed by atoms with van der Waals surface area (Å²) in [6, 6.07) is 6.71. The molecular weight excluding hydrogens is 157 g/mol. The van der Waals surface area contributed by atoms with E-state index in [1.54, 1.807) is 12.1 Å². The van der Waals surface area contributed by atoms with Crippen molar-refractivity contribution in [1.29, 1.82) is 0 Å². The molecule has 0 spiro atoms. The quantitative estimate of drug-likeness (QED) is 0.688. The van der Waals surface area contributed by atoms with Gasteiger partial charge in [-0.25, -0.2) is 9.87 Å². The standard InChI is InChI=1S/C9H10FNO/c10-8-4-2-1-3-7(8)9-5-6-11-12-9/h1-4,9,11H,5-6H2. The lowest BCUT2D eigenvalue weighted by atomic mass is 10.1. The Bertz CT molecular complexity index is 271. The highest BCUT2D eigenvalue weighted by Crippen LogP contribution is 2.25. The molecule has 1 saturated heterocycles. The van der Waals surface area contributed by atoms with Crippen molar-refractivity contribution in [1.82, 2.24) is 5.48 Å². The Balaban J connectivity index is 2.26. The molecule has 1 fully saturated rings. The molecule has 1 aromatic carbocycles. The summed E-state index contributed by atoms with van der Waals surface area (Å²) >= 11 is 0. The third-order valence-electron chi connectivity index (χ3n) is 1.99. The summed E-state index contributed by atoms with van der Waals surface area (Å²) in [5, 5.41) is 0. The number of hydroxylamine groups is 1. The molecule has 1 atom stereocenters. The second-order valence-corrected chi connectivity index (χ2v) is 2.81. The first kappa shape index (κ1) is 7.71. The van der Waals surface area contributed by atoms with Crippen LogP contribution in [-0.4, -0.2) is 6.54 Å². The summed E-state index contributed by atoms with van der Waals surface area (Å²) in [6.07, 6.45) is 0.715. The molecule has 0 amide bonds. The van der Waals surface area contributed by atoms with Gasteiger partial charge in [0.1, 0.15) is 11.9 Å². The molecule has 1 aliphatic heterocycles. The van der Waals surface area contributed by atoms with Gasteiger partial charge in [0.05, 0.1) is 0 Å². The summed E-state index contributed by atoms with van der Waals surface area (Å²) in [7, 11) is 0. The maximum Gasteiger partial charge on any atom is 0.129 e. The van der Waals surface area contributed by atoms with E-state index in [4.69, 9.17) is 4.84 Å². The summed E-state index contributed by atoms with van der Waals surface area (Å²) in [6.45, 7) is 0.791. The van der Waals surface area contributed by atoms with Crippen molar-refractivity contribution in [2.75, 3.05) is 6.54 Å². The van der Waals surface area contributed by atoms with Crippen LogP contribution in [-0.2, 0) is 4.84 Å². The van der Waals surface area contributed by atoms with Crippen LogP contribution in [0, 0.1) is 5.82 Å². The molecular formula is C9H10FNO. The number of hydrogen-bond acceptors (Lipinski definition) is 2. The van der Waals surface area contributed by atoms with Crippen LogP contribution in [0.25, 0.3) is 0 Å². The fourth-order valence-electron chi connectivity index (χ4n) is 1.36. The van der Waals surface area contributed by atoms with E-state index in [-0.39, 0.29) is 11.9 Å². The average molecular weight is 167 g/mol. The number of rotatable bonds is 1. The minimum atomic E-state index is -0.189. The maximum absolute atomic E-state index is 13.1. The van der Waals surface area contributed by atoms with Crippen molar-refractivity contribution < 1.29 is 9.23 Å². The molecule has 0 aliphatic carbocycles. The fraction of sp³-hybridized carbons (Fsp3) is 0.333. The minimum absolute atomic E-state index is 0.119. The highest BCUT2D eigenvalue weighted by Gasteiger charge is 2.20. The molecule has 1 unspecified atom stereocenters. The molecule has 1 aromatic rings. The Morgan fingerprint density at radius 2 is 2.25 bits per heavy atom. The first-order valence-corrected chi connectivity index (χ1v) is 4.01. The van der Waals surface area contributed by atoms with Crippen LogP contribution in [0.4, 0.5) is 4.39 Å². The molecule has 2 rings (SSSR count). The van der Waals surface area contributed by atoms with Gasteiger partial charge in [0, 0.05) is 12.1 Å². The summed E-state index contributed by atoms with van der Waals surface area (Å²) in [4.78, 5) is 5.13. The lowest BCUT2D eigenvalue weighted by Gasteiger charge is -2.08. The van der Waals surface area contributed by atoms with Gasteiger partial charge >= 0.3 is 0 Å². The predicted molar refractivity (Wildman–Crippen MR) is 42.8 cm³/mol. The smallest absolute Gasteiger partial charge is 0.129 e. The van der Waals surface area contributed by atoms with Crippen LogP contribution in [0.5, 0.6) is 0 Å². The van der Waals surface area contributed by atoms with Gasteiger partial charge in [0.2, 0.25) is 0 Å². The van der Waals surface area contributed by atoms with Gasteiger partial charge in [-0.2, -0.15) is 0 Å². The number of hydrogen-bond donors (Lipinski definition) is 1. The van der Waals surface area contributed by atoms with Crippen LogP contribution in [0.1, 0.15) is 18.1 Å². The van der Waals surface area contributed by atoms with Gasteiger partial charge < -0.3 is 0 Å². The average Bonchev–Trinajstić information content (AvgIpc) is 2.57. The van der Waals surface area contributed by atoms with E-state index >= 15 is 0 Å². The maximum atomic E-state index is 13.1. The molecule has 2 nitrogen and oxygen atoms in total. The van der Waals surface area contributed by atoms with Crippen LogP contribution in [0.15, 0.2) is 24.3 Å². The van der Waals surface area contributed by atoms with Crippen LogP contribution >= 0.6 is 0 Å². The zero-order valence-electron chi connectivity index (χ0n) is 6.59. The minimum Gasteiger partial charge on any atom is -0.294 e. The highest BCUT2D eigenvalue weighted by molar-refractivity contribution is 5.20. The SMILES string of the molecule is Fc1ccccc1C1CCNO1. The Morgan fingerprint density at radius 1 is 1.42 bits per heavy atom. The van der Waals surface area contributed by atoms with Gasteiger partial charge in [-0.15, -0.1) is 0 Å². The van der Waals surface area contributed by atoms with Gasteiger partial charge in [0.15, 0.2) is 0 Å². The zero-order chi connectivity index (χ0) is 8.39. The Labute approximate surface area is 70.3 Å². The molecule has 1 aliphatic rings.